The Bertz CT molecular complexity index is 44.5. The van der Waals surface area contributed by atoms with Crippen molar-refractivity contribution in [3.63, 3.8) is 0 Å². The zero-order valence-electron chi connectivity index (χ0n) is 7.68. The Morgan fingerprint density at radius 3 is 1.70 bits per heavy atom. The van der Waals surface area contributed by atoms with Crippen LogP contribution in [0.3, 0.4) is 0 Å². The number of hydrogen-bond acceptors (Lipinski definition) is 2. The first-order valence-corrected chi connectivity index (χ1v) is 5.32. The van der Waals surface area contributed by atoms with E-state index in [2.05, 4.69) is 20.1 Å². The molecule has 0 saturated heterocycles. The maximum absolute atomic E-state index is 5.38. The molecule has 0 radical (unpaired) electrons. The van der Waals surface area contributed by atoms with Crippen LogP contribution in [-0.4, -0.2) is 18.1 Å². The van der Waals surface area contributed by atoms with Gasteiger partial charge in [0.2, 0.25) is 0 Å². The van der Waals surface area contributed by atoms with E-state index in [9.17, 15) is 0 Å². The summed E-state index contributed by atoms with van der Waals surface area (Å²) in [6, 6.07) is 0.361. The Morgan fingerprint density at radius 2 is 1.70 bits per heavy atom. The van der Waals surface area contributed by atoms with Gasteiger partial charge in [-0.25, -0.2) is 0 Å². The summed E-state index contributed by atoms with van der Waals surface area (Å²) in [5.74, 6) is 1.07. The molecule has 0 heterocycles. The highest BCUT2D eigenvalue weighted by molar-refractivity contribution is 7.98. The van der Waals surface area contributed by atoms with E-state index in [4.69, 9.17) is 5.73 Å². The van der Waals surface area contributed by atoms with Crippen molar-refractivity contribution in [3.8, 4) is 0 Å². The molecule has 1 nitrogen and oxygen atoms in total. The number of rotatable bonds is 3. The van der Waals surface area contributed by atoms with Crippen molar-refractivity contribution < 1.29 is 0 Å². The molecule has 10 heavy (non-hydrogen) atoms. The Labute approximate surface area is 69.8 Å². The van der Waals surface area contributed by atoms with Crippen molar-refractivity contribution in [1.82, 2.24) is 0 Å². The van der Waals surface area contributed by atoms with Crippen LogP contribution in [-0.2, 0) is 0 Å². The van der Waals surface area contributed by atoms with Crippen LogP contribution in [0.5, 0.6) is 0 Å². The van der Waals surface area contributed by atoms with E-state index in [1.807, 2.05) is 6.92 Å². The maximum atomic E-state index is 5.38. The van der Waals surface area contributed by atoms with Gasteiger partial charge in [0.05, 0.1) is 0 Å². The molecular weight excluding hydrogens is 142 g/mol. The topological polar surface area (TPSA) is 26.0 Å². The third-order valence-electron chi connectivity index (χ3n) is 0.930. The summed E-state index contributed by atoms with van der Waals surface area (Å²) in [5.41, 5.74) is 5.38. The zero-order chi connectivity index (χ0) is 8.41. The van der Waals surface area contributed by atoms with E-state index in [0.29, 0.717) is 6.04 Å². The third kappa shape index (κ3) is 23.9. The number of hydrogen-bond donors (Lipinski definition) is 1. The molecule has 0 aromatic carbocycles. The smallest absolute Gasteiger partial charge is 0.0101 e. The molecule has 0 fully saturated rings. The second kappa shape index (κ2) is 12.0. The molecule has 2 heteroatoms. The molecule has 1 unspecified atom stereocenters. The molecule has 0 bridgehead atoms. The third-order valence-corrected chi connectivity index (χ3v) is 1.79. The quantitative estimate of drug-likeness (QED) is 0.692. The van der Waals surface area contributed by atoms with Crippen molar-refractivity contribution in [2.75, 3.05) is 12.0 Å². The summed E-state index contributed by atoms with van der Waals surface area (Å²) in [7, 11) is 0. The fourth-order valence-corrected chi connectivity index (χ4v) is 0.789. The molecule has 2 N–H and O–H groups in total. The highest BCUT2D eigenvalue weighted by atomic mass is 32.2. The summed E-state index contributed by atoms with van der Waals surface area (Å²) in [6.45, 7) is 6.37. The second-order valence-corrected chi connectivity index (χ2v) is 3.34. The van der Waals surface area contributed by atoms with Gasteiger partial charge in [-0.2, -0.15) is 11.8 Å². The van der Waals surface area contributed by atoms with Gasteiger partial charge >= 0.3 is 0 Å². The van der Waals surface area contributed by atoms with Crippen molar-refractivity contribution >= 4 is 11.8 Å². The average molecular weight is 163 g/mol. The molecule has 0 rings (SSSR count). The van der Waals surface area contributed by atoms with Crippen LogP contribution in [0.25, 0.3) is 0 Å². The zero-order valence-corrected chi connectivity index (χ0v) is 8.50. The molecule has 0 aliphatic rings. The SMILES string of the molecule is CCCC.CSCC(C)N. The van der Waals surface area contributed by atoms with Gasteiger partial charge in [-0.3, -0.25) is 0 Å². The highest BCUT2D eigenvalue weighted by Crippen LogP contribution is 1.91. The van der Waals surface area contributed by atoms with Crippen molar-refractivity contribution in [3.05, 3.63) is 0 Å². The molecule has 0 amide bonds. The monoisotopic (exact) mass is 163 g/mol. The predicted octanol–water partition coefficient (Wildman–Crippen LogP) is 2.50. The minimum atomic E-state index is 0.361. The normalized spacial score (nSPS) is 11.7. The molecule has 64 valence electrons. The van der Waals surface area contributed by atoms with Crippen LogP contribution in [0.1, 0.15) is 33.6 Å². The lowest BCUT2D eigenvalue weighted by atomic mass is 10.4. The molecule has 1 atom stereocenters. The molecular formula is C8H21NS. The number of thioether (sulfide) groups is 1. The van der Waals surface area contributed by atoms with Gasteiger partial charge < -0.3 is 5.73 Å². The summed E-state index contributed by atoms with van der Waals surface area (Å²) in [5, 5.41) is 0. The summed E-state index contributed by atoms with van der Waals surface area (Å²) >= 11 is 1.78. The van der Waals surface area contributed by atoms with Gasteiger partial charge in [-0.15, -0.1) is 0 Å². The number of unbranched alkanes of at least 4 members (excludes halogenated alkanes) is 1. The van der Waals surface area contributed by atoms with Crippen LogP contribution in [0.2, 0.25) is 0 Å². The molecule has 0 aromatic rings. The standard InChI is InChI=1S/C4H11NS.C4H10/c1-4(5)3-6-2;1-3-4-2/h4H,3,5H2,1-2H3;3-4H2,1-2H3. The van der Waals surface area contributed by atoms with Gasteiger partial charge in [-0.05, 0) is 13.2 Å². The Balaban J connectivity index is 0. The van der Waals surface area contributed by atoms with E-state index in [1.54, 1.807) is 11.8 Å². The van der Waals surface area contributed by atoms with Gasteiger partial charge in [0, 0.05) is 11.8 Å². The first-order chi connectivity index (χ1) is 4.68. The lowest BCUT2D eigenvalue weighted by molar-refractivity contribution is 0.848. The van der Waals surface area contributed by atoms with Gasteiger partial charge in [0.25, 0.3) is 0 Å². The van der Waals surface area contributed by atoms with Crippen molar-refractivity contribution in [2.45, 2.75) is 39.7 Å². The fourth-order valence-electron chi connectivity index (χ4n) is 0.263. The average Bonchev–Trinajstić information content (AvgIpc) is 1.89. The maximum Gasteiger partial charge on any atom is 0.0101 e. The van der Waals surface area contributed by atoms with Crippen LogP contribution in [0.4, 0.5) is 0 Å². The summed E-state index contributed by atoms with van der Waals surface area (Å²) in [6.07, 6.45) is 4.70. The van der Waals surface area contributed by atoms with E-state index >= 15 is 0 Å². The minimum absolute atomic E-state index is 0.361. The van der Waals surface area contributed by atoms with Crippen LogP contribution >= 0.6 is 11.8 Å². The lowest BCUT2D eigenvalue weighted by Crippen LogP contribution is -2.16. The Hall–Kier alpha value is 0.310. The lowest BCUT2D eigenvalue weighted by Gasteiger charge is -1.96. The molecule has 0 aromatic heterocycles. The Morgan fingerprint density at radius 1 is 1.30 bits per heavy atom. The predicted molar refractivity (Wildman–Crippen MR) is 52.6 cm³/mol. The van der Waals surface area contributed by atoms with E-state index in [-0.39, 0.29) is 0 Å². The molecule has 0 saturated carbocycles. The Kier molecular flexibility index (Phi) is 15.6. The van der Waals surface area contributed by atoms with E-state index < -0.39 is 0 Å². The highest BCUT2D eigenvalue weighted by Gasteiger charge is 1.85. The molecule has 0 aliphatic heterocycles. The van der Waals surface area contributed by atoms with Crippen LogP contribution < -0.4 is 5.73 Å². The van der Waals surface area contributed by atoms with Gasteiger partial charge in [0.1, 0.15) is 0 Å². The summed E-state index contributed by atoms with van der Waals surface area (Å²) in [4.78, 5) is 0. The first kappa shape index (κ1) is 12.9. The molecule has 0 spiro atoms. The molecule has 0 aliphatic carbocycles. The fraction of sp³-hybridized carbons (Fsp3) is 1.00. The van der Waals surface area contributed by atoms with E-state index in [1.165, 1.54) is 12.8 Å². The van der Waals surface area contributed by atoms with Crippen molar-refractivity contribution in [1.29, 1.82) is 0 Å². The van der Waals surface area contributed by atoms with Crippen LogP contribution in [0, 0.1) is 0 Å². The van der Waals surface area contributed by atoms with Gasteiger partial charge in [0.15, 0.2) is 0 Å². The first-order valence-electron chi connectivity index (χ1n) is 3.93. The van der Waals surface area contributed by atoms with Gasteiger partial charge in [-0.1, -0.05) is 26.7 Å². The van der Waals surface area contributed by atoms with Crippen molar-refractivity contribution in [2.24, 2.45) is 5.73 Å². The summed E-state index contributed by atoms with van der Waals surface area (Å²) < 4.78 is 0. The largest absolute Gasteiger partial charge is 0.327 e. The second-order valence-electron chi connectivity index (χ2n) is 2.43. The minimum Gasteiger partial charge on any atom is -0.327 e. The van der Waals surface area contributed by atoms with Crippen LogP contribution in [0.15, 0.2) is 0 Å². The van der Waals surface area contributed by atoms with E-state index in [0.717, 1.165) is 5.75 Å². The number of nitrogens with two attached hydrogens (primary N) is 1.